The molecular formula is C25H30N2O3. The SMILES string of the molecule is COc1cccc(CN(C)C(=O)C2CC3CCCCC3N2C(=O)c2ccccc2)c1. The zero-order valence-electron chi connectivity index (χ0n) is 17.8. The maximum absolute atomic E-state index is 13.5. The van der Waals surface area contributed by atoms with E-state index in [1.807, 2.05) is 66.5 Å². The van der Waals surface area contributed by atoms with Gasteiger partial charge in [0.05, 0.1) is 7.11 Å². The lowest BCUT2D eigenvalue weighted by Crippen LogP contribution is -2.49. The maximum Gasteiger partial charge on any atom is 0.254 e. The van der Waals surface area contributed by atoms with Crippen molar-refractivity contribution >= 4 is 11.8 Å². The van der Waals surface area contributed by atoms with E-state index < -0.39 is 0 Å². The minimum Gasteiger partial charge on any atom is -0.497 e. The number of carbonyl (C=O) groups excluding carboxylic acids is 2. The van der Waals surface area contributed by atoms with Crippen LogP contribution in [0.3, 0.4) is 0 Å². The summed E-state index contributed by atoms with van der Waals surface area (Å²) in [5, 5.41) is 0. The zero-order chi connectivity index (χ0) is 21.1. The number of ether oxygens (including phenoxy) is 1. The number of hydrogen-bond acceptors (Lipinski definition) is 3. The number of nitrogens with zero attached hydrogens (tertiary/aromatic N) is 2. The number of benzene rings is 2. The van der Waals surface area contributed by atoms with Crippen LogP contribution in [0.4, 0.5) is 0 Å². The molecule has 2 amide bonds. The Bertz CT molecular complexity index is 898. The summed E-state index contributed by atoms with van der Waals surface area (Å²) in [6.07, 6.45) is 5.18. The molecule has 2 aromatic rings. The number of amides is 2. The fraction of sp³-hybridized carbons (Fsp3) is 0.440. The lowest BCUT2D eigenvalue weighted by Gasteiger charge is -2.34. The molecule has 0 radical (unpaired) electrons. The highest BCUT2D eigenvalue weighted by molar-refractivity contribution is 5.98. The Kier molecular flexibility index (Phi) is 6.07. The van der Waals surface area contributed by atoms with Gasteiger partial charge in [-0.25, -0.2) is 0 Å². The lowest BCUT2D eigenvalue weighted by atomic mass is 9.84. The molecule has 2 aliphatic rings. The number of likely N-dealkylation sites (N-methyl/N-ethyl adjacent to an activating group) is 1. The normalized spacial score (nSPS) is 23.0. The Balaban J connectivity index is 1.56. The van der Waals surface area contributed by atoms with Crippen molar-refractivity contribution in [2.45, 2.75) is 50.7 Å². The maximum atomic E-state index is 13.5. The Morgan fingerprint density at radius 3 is 2.60 bits per heavy atom. The van der Waals surface area contributed by atoms with Crippen molar-refractivity contribution in [3.8, 4) is 5.75 Å². The molecule has 3 atom stereocenters. The molecule has 1 aliphatic heterocycles. The highest BCUT2D eigenvalue weighted by Gasteiger charge is 2.48. The molecule has 3 unspecified atom stereocenters. The van der Waals surface area contributed by atoms with Crippen LogP contribution in [0.5, 0.6) is 5.75 Å². The minimum atomic E-state index is -0.388. The second-order valence-electron chi connectivity index (χ2n) is 8.49. The molecule has 0 aromatic heterocycles. The minimum absolute atomic E-state index is 0.0156. The van der Waals surface area contributed by atoms with Gasteiger partial charge >= 0.3 is 0 Å². The third-order valence-corrected chi connectivity index (χ3v) is 6.56. The van der Waals surface area contributed by atoms with Crippen LogP contribution in [-0.2, 0) is 11.3 Å². The number of hydrogen-bond donors (Lipinski definition) is 0. The van der Waals surface area contributed by atoms with Crippen LogP contribution in [0, 0.1) is 5.92 Å². The van der Waals surface area contributed by atoms with Crippen molar-refractivity contribution in [2.75, 3.05) is 14.2 Å². The number of likely N-dealkylation sites (tertiary alicyclic amines) is 1. The van der Waals surface area contributed by atoms with Crippen LogP contribution in [0.25, 0.3) is 0 Å². The summed E-state index contributed by atoms with van der Waals surface area (Å²) in [4.78, 5) is 30.6. The van der Waals surface area contributed by atoms with Gasteiger partial charge in [0.1, 0.15) is 11.8 Å². The molecule has 1 saturated carbocycles. The Labute approximate surface area is 178 Å². The van der Waals surface area contributed by atoms with Gasteiger partial charge in [-0.1, -0.05) is 43.2 Å². The van der Waals surface area contributed by atoms with Gasteiger partial charge in [-0.15, -0.1) is 0 Å². The van der Waals surface area contributed by atoms with Crippen molar-refractivity contribution in [2.24, 2.45) is 5.92 Å². The van der Waals surface area contributed by atoms with Crippen LogP contribution in [0.15, 0.2) is 54.6 Å². The van der Waals surface area contributed by atoms with E-state index in [1.54, 1.807) is 12.0 Å². The Hall–Kier alpha value is -2.82. The standard InChI is InChI=1S/C25H30N2O3/c1-26(17-18-9-8-13-21(15-18)30-2)25(29)23-16-20-12-6-7-14-22(20)27(23)24(28)19-10-4-3-5-11-19/h3-5,8-11,13,15,20,22-23H,6-7,12,14,16-17H2,1-2H3. The van der Waals surface area contributed by atoms with Crippen molar-refractivity contribution in [1.29, 1.82) is 0 Å². The average molecular weight is 407 g/mol. The van der Waals surface area contributed by atoms with Crippen molar-refractivity contribution in [1.82, 2.24) is 9.80 Å². The zero-order valence-corrected chi connectivity index (χ0v) is 17.8. The first-order valence-corrected chi connectivity index (χ1v) is 10.8. The molecule has 0 spiro atoms. The van der Waals surface area contributed by atoms with Crippen LogP contribution >= 0.6 is 0 Å². The van der Waals surface area contributed by atoms with Gasteiger partial charge in [-0.05, 0) is 55.0 Å². The van der Waals surface area contributed by atoms with Crippen molar-refractivity contribution in [3.63, 3.8) is 0 Å². The summed E-state index contributed by atoms with van der Waals surface area (Å²) in [6.45, 7) is 0.495. The van der Waals surface area contributed by atoms with Crippen LogP contribution in [-0.4, -0.2) is 47.9 Å². The van der Waals surface area contributed by atoms with E-state index in [1.165, 1.54) is 6.42 Å². The average Bonchev–Trinajstić information content (AvgIpc) is 3.18. The molecule has 0 bridgehead atoms. The highest BCUT2D eigenvalue weighted by atomic mass is 16.5. The molecule has 1 saturated heterocycles. The topological polar surface area (TPSA) is 49.9 Å². The molecule has 4 rings (SSSR count). The largest absolute Gasteiger partial charge is 0.497 e. The second kappa shape index (κ2) is 8.90. The van der Waals surface area contributed by atoms with Gasteiger partial charge in [0.15, 0.2) is 0 Å². The molecule has 2 aromatic carbocycles. The third-order valence-electron chi connectivity index (χ3n) is 6.56. The smallest absolute Gasteiger partial charge is 0.254 e. The molecule has 30 heavy (non-hydrogen) atoms. The second-order valence-corrected chi connectivity index (χ2v) is 8.49. The van der Waals surface area contributed by atoms with E-state index >= 15 is 0 Å². The van der Waals surface area contributed by atoms with Crippen molar-refractivity contribution in [3.05, 3.63) is 65.7 Å². The molecular weight excluding hydrogens is 376 g/mol. The van der Waals surface area contributed by atoms with Gasteiger partial charge < -0.3 is 14.5 Å². The summed E-state index contributed by atoms with van der Waals surface area (Å²) in [7, 11) is 3.47. The fourth-order valence-electron chi connectivity index (χ4n) is 5.08. The van der Waals surface area contributed by atoms with E-state index in [4.69, 9.17) is 4.74 Å². The fourth-order valence-corrected chi connectivity index (χ4v) is 5.08. The van der Waals surface area contributed by atoms with Crippen LogP contribution < -0.4 is 4.74 Å². The van der Waals surface area contributed by atoms with E-state index in [9.17, 15) is 9.59 Å². The number of methoxy groups -OCH3 is 1. The predicted molar refractivity (Wildman–Crippen MR) is 116 cm³/mol. The summed E-state index contributed by atoms with van der Waals surface area (Å²) in [5.74, 6) is 1.21. The van der Waals surface area contributed by atoms with Gasteiger partial charge in [0, 0.05) is 25.2 Å². The number of carbonyl (C=O) groups is 2. The van der Waals surface area contributed by atoms with E-state index in [0.29, 0.717) is 18.0 Å². The quantitative estimate of drug-likeness (QED) is 0.750. The van der Waals surface area contributed by atoms with Gasteiger partial charge in [-0.2, -0.15) is 0 Å². The first-order valence-electron chi connectivity index (χ1n) is 10.8. The third kappa shape index (κ3) is 4.07. The van der Waals surface area contributed by atoms with Gasteiger partial charge in [0.25, 0.3) is 5.91 Å². The monoisotopic (exact) mass is 406 g/mol. The van der Waals surface area contributed by atoms with E-state index in [-0.39, 0.29) is 23.9 Å². The van der Waals surface area contributed by atoms with Crippen LogP contribution in [0.2, 0.25) is 0 Å². The number of fused-ring (bicyclic) bond motifs is 1. The molecule has 158 valence electrons. The molecule has 0 N–H and O–H groups in total. The lowest BCUT2D eigenvalue weighted by molar-refractivity contribution is -0.134. The molecule has 5 heteroatoms. The first-order chi connectivity index (χ1) is 14.6. The Morgan fingerprint density at radius 2 is 1.83 bits per heavy atom. The molecule has 1 aliphatic carbocycles. The summed E-state index contributed by atoms with van der Waals surface area (Å²) in [5.41, 5.74) is 1.68. The van der Waals surface area contributed by atoms with Crippen LogP contribution in [0.1, 0.15) is 48.0 Å². The molecule has 1 heterocycles. The van der Waals surface area contributed by atoms with Gasteiger partial charge in [-0.3, -0.25) is 9.59 Å². The molecule has 2 fully saturated rings. The summed E-state index contributed by atoms with van der Waals surface area (Å²) >= 11 is 0. The van der Waals surface area contributed by atoms with E-state index in [2.05, 4.69) is 0 Å². The molecule has 5 nitrogen and oxygen atoms in total. The summed E-state index contributed by atoms with van der Waals surface area (Å²) in [6, 6.07) is 16.9. The first kappa shape index (κ1) is 20.5. The number of rotatable bonds is 5. The Morgan fingerprint density at radius 1 is 1.07 bits per heavy atom. The van der Waals surface area contributed by atoms with E-state index in [0.717, 1.165) is 37.0 Å². The van der Waals surface area contributed by atoms with Crippen molar-refractivity contribution < 1.29 is 14.3 Å². The highest BCUT2D eigenvalue weighted by Crippen LogP contribution is 2.41. The van der Waals surface area contributed by atoms with Gasteiger partial charge in [0.2, 0.25) is 5.91 Å². The predicted octanol–water partition coefficient (Wildman–Crippen LogP) is 4.13. The summed E-state index contributed by atoms with van der Waals surface area (Å²) < 4.78 is 5.30.